The quantitative estimate of drug-likeness (QED) is 0.682. The average molecular weight is 234 g/mol. The highest BCUT2D eigenvalue weighted by Gasteiger charge is 2.34. The third kappa shape index (κ3) is 3.08. The molecule has 0 aromatic carbocycles. The molecule has 0 radical (unpaired) electrons. The lowest BCUT2D eigenvalue weighted by Crippen LogP contribution is -2.52. The number of ether oxygens (including phenoxy) is 1. The van der Waals surface area contributed by atoms with Crippen molar-refractivity contribution in [3.05, 3.63) is 0 Å². The van der Waals surface area contributed by atoms with E-state index < -0.39 is 5.41 Å². The van der Waals surface area contributed by atoms with E-state index in [4.69, 9.17) is 16.3 Å². The zero-order chi connectivity index (χ0) is 11.6. The van der Waals surface area contributed by atoms with Crippen LogP contribution in [0.4, 0.5) is 0 Å². The van der Waals surface area contributed by atoms with Crippen LogP contribution in [0.1, 0.15) is 27.7 Å². The largest absolute Gasteiger partial charge is 0.372 e. The lowest BCUT2D eigenvalue weighted by molar-refractivity contribution is -0.151. The van der Waals surface area contributed by atoms with Gasteiger partial charge in [-0.3, -0.25) is 4.79 Å². The normalized spacial score (nSPS) is 27.9. The molecule has 15 heavy (non-hydrogen) atoms. The summed E-state index contributed by atoms with van der Waals surface area (Å²) in [6.45, 7) is 9.08. The first-order valence-electron chi connectivity index (χ1n) is 5.37. The Kier molecular flexibility index (Phi) is 4.01. The second-order valence-electron chi connectivity index (χ2n) is 4.98. The average Bonchev–Trinajstić information content (AvgIpc) is 2.15. The van der Waals surface area contributed by atoms with Gasteiger partial charge in [-0.1, -0.05) is 0 Å². The highest BCUT2D eigenvalue weighted by atomic mass is 35.5. The molecule has 0 aliphatic carbocycles. The number of nitrogens with zero attached hydrogens (tertiary/aromatic N) is 1. The fourth-order valence-electron chi connectivity index (χ4n) is 1.83. The fourth-order valence-corrected chi connectivity index (χ4v) is 1.94. The van der Waals surface area contributed by atoms with Gasteiger partial charge in [0.1, 0.15) is 0 Å². The lowest BCUT2D eigenvalue weighted by Gasteiger charge is -2.38. The Morgan fingerprint density at radius 1 is 1.40 bits per heavy atom. The van der Waals surface area contributed by atoms with Crippen LogP contribution in [0.25, 0.3) is 0 Å². The van der Waals surface area contributed by atoms with Crippen LogP contribution >= 0.6 is 11.6 Å². The van der Waals surface area contributed by atoms with Crippen molar-refractivity contribution >= 4 is 17.5 Å². The van der Waals surface area contributed by atoms with Crippen molar-refractivity contribution < 1.29 is 9.53 Å². The van der Waals surface area contributed by atoms with E-state index in [0.717, 1.165) is 0 Å². The predicted molar refractivity (Wildman–Crippen MR) is 61.1 cm³/mol. The Bertz CT molecular complexity index is 233. The summed E-state index contributed by atoms with van der Waals surface area (Å²) in [6, 6.07) is 0. The zero-order valence-corrected chi connectivity index (χ0v) is 10.7. The number of alkyl halides is 1. The molecule has 2 atom stereocenters. The summed E-state index contributed by atoms with van der Waals surface area (Å²) in [5, 5.41) is 0. The molecule has 1 heterocycles. The Morgan fingerprint density at radius 3 is 2.27 bits per heavy atom. The molecule has 88 valence electrons. The van der Waals surface area contributed by atoms with Crippen LogP contribution in [0.5, 0.6) is 0 Å². The molecule has 4 heteroatoms. The van der Waals surface area contributed by atoms with Gasteiger partial charge in [0.2, 0.25) is 5.91 Å². The zero-order valence-electron chi connectivity index (χ0n) is 9.92. The highest BCUT2D eigenvalue weighted by Crippen LogP contribution is 2.23. The van der Waals surface area contributed by atoms with Crippen molar-refractivity contribution in [1.29, 1.82) is 0 Å². The third-order valence-electron chi connectivity index (χ3n) is 2.62. The van der Waals surface area contributed by atoms with Gasteiger partial charge in [0.25, 0.3) is 0 Å². The molecule has 0 bridgehead atoms. The summed E-state index contributed by atoms with van der Waals surface area (Å²) in [5.41, 5.74) is -0.474. The minimum Gasteiger partial charge on any atom is -0.372 e. The van der Waals surface area contributed by atoms with E-state index in [1.807, 2.05) is 32.6 Å². The van der Waals surface area contributed by atoms with Gasteiger partial charge in [0, 0.05) is 19.0 Å². The lowest BCUT2D eigenvalue weighted by atomic mass is 9.93. The van der Waals surface area contributed by atoms with E-state index in [0.29, 0.717) is 19.0 Å². The first-order chi connectivity index (χ1) is 6.86. The number of hydrogen-bond acceptors (Lipinski definition) is 2. The van der Waals surface area contributed by atoms with Gasteiger partial charge in [-0.05, 0) is 27.7 Å². The predicted octanol–water partition coefficient (Wildman–Crippen LogP) is 1.89. The molecule has 1 aliphatic rings. The summed E-state index contributed by atoms with van der Waals surface area (Å²) in [5.74, 6) is 0.478. The van der Waals surface area contributed by atoms with Crippen molar-refractivity contribution in [3.63, 3.8) is 0 Å². The minimum atomic E-state index is -0.474. The van der Waals surface area contributed by atoms with E-state index in [2.05, 4.69) is 0 Å². The van der Waals surface area contributed by atoms with Gasteiger partial charge in [-0.25, -0.2) is 0 Å². The number of morpholine rings is 1. The van der Waals surface area contributed by atoms with Crippen molar-refractivity contribution in [2.75, 3.05) is 19.0 Å². The van der Waals surface area contributed by atoms with Crippen LogP contribution in [0, 0.1) is 5.41 Å². The molecule has 0 aromatic heterocycles. The van der Waals surface area contributed by atoms with Crippen LogP contribution < -0.4 is 0 Å². The Morgan fingerprint density at radius 2 is 1.87 bits per heavy atom. The molecule has 1 aliphatic heterocycles. The van der Waals surface area contributed by atoms with Gasteiger partial charge in [0.05, 0.1) is 17.6 Å². The summed E-state index contributed by atoms with van der Waals surface area (Å²) in [7, 11) is 0. The van der Waals surface area contributed by atoms with E-state index in [-0.39, 0.29) is 18.1 Å². The molecule has 2 unspecified atom stereocenters. The topological polar surface area (TPSA) is 29.5 Å². The van der Waals surface area contributed by atoms with Crippen LogP contribution in [0.15, 0.2) is 0 Å². The summed E-state index contributed by atoms with van der Waals surface area (Å²) in [6.07, 6.45) is 0.229. The number of carbonyl (C=O) groups is 1. The van der Waals surface area contributed by atoms with Gasteiger partial charge in [-0.2, -0.15) is 0 Å². The first-order valence-corrected chi connectivity index (χ1v) is 5.91. The first kappa shape index (κ1) is 12.8. The summed E-state index contributed by atoms with van der Waals surface area (Å²) < 4.78 is 5.59. The Balaban J connectivity index is 2.67. The van der Waals surface area contributed by atoms with E-state index in [1.54, 1.807) is 0 Å². The van der Waals surface area contributed by atoms with Gasteiger partial charge in [0.15, 0.2) is 0 Å². The number of rotatable bonds is 2. The number of hydrogen-bond donors (Lipinski definition) is 0. The molecule has 0 aromatic rings. The molecular weight excluding hydrogens is 214 g/mol. The fraction of sp³-hybridized carbons (Fsp3) is 0.909. The van der Waals surface area contributed by atoms with Crippen molar-refractivity contribution in [2.45, 2.75) is 39.9 Å². The van der Waals surface area contributed by atoms with E-state index in [1.165, 1.54) is 0 Å². The van der Waals surface area contributed by atoms with Crippen LogP contribution in [-0.2, 0) is 9.53 Å². The second kappa shape index (κ2) is 4.71. The maximum absolute atomic E-state index is 12.1. The van der Waals surface area contributed by atoms with Crippen molar-refractivity contribution in [1.82, 2.24) is 4.90 Å². The molecule has 0 N–H and O–H groups in total. The summed E-state index contributed by atoms with van der Waals surface area (Å²) in [4.78, 5) is 14.0. The van der Waals surface area contributed by atoms with Crippen LogP contribution in [0.2, 0.25) is 0 Å². The van der Waals surface area contributed by atoms with E-state index >= 15 is 0 Å². The maximum Gasteiger partial charge on any atom is 0.229 e. The maximum atomic E-state index is 12.1. The number of halogens is 1. The number of amides is 1. The molecule has 1 saturated heterocycles. The molecule has 1 rings (SSSR count). The highest BCUT2D eigenvalue weighted by molar-refractivity contribution is 6.19. The Labute approximate surface area is 96.7 Å². The molecule has 0 saturated carbocycles. The standard InChI is InChI=1S/C11H20ClNO2/c1-8-5-13(6-9(2)15-8)10(14)11(3,4)7-12/h8-9H,5-7H2,1-4H3. The van der Waals surface area contributed by atoms with Crippen molar-refractivity contribution in [3.8, 4) is 0 Å². The molecule has 3 nitrogen and oxygen atoms in total. The molecule has 0 spiro atoms. The van der Waals surface area contributed by atoms with Gasteiger partial charge >= 0.3 is 0 Å². The monoisotopic (exact) mass is 233 g/mol. The third-order valence-corrected chi connectivity index (χ3v) is 3.29. The van der Waals surface area contributed by atoms with E-state index in [9.17, 15) is 4.79 Å². The van der Waals surface area contributed by atoms with Gasteiger partial charge in [-0.15, -0.1) is 11.6 Å². The molecule has 1 fully saturated rings. The smallest absolute Gasteiger partial charge is 0.229 e. The van der Waals surface area contributed by atoms with Gasteiger partial charge < -0.3 is 9.64 Å². The summed E-state index contributed by atoms with van der Waals surface area (Å²) >= 11 is 5.80. The SMILES string of the molecule is CC1CN(C(=O)C(C)(C)CCl)CC(C)O1. The van der Waals surface area contributed by atoms with Crippen LogP contribution in [-0.4, -0.2) is 42.0 Å². The molecular formula is C11H20ClNO2. The molecule has 1 amide bonds. The second-order valence-corrected chi connectivity index (χ2v) is 5.25. The van der Waals surface area contributed by atoms with Crippen molar-refractivity contribution in [2.24, 2.45) is 5.41 Å². The number of carbonyl (C=O) groups excluding carboxylic acids is 1. The minimum absolute atomic E-state index is 0.115. The Hall–Kier alpha value is -0.280. The van der Waals surface area contributed by atoms with Crippen LogP contribution in [0.3, 0.4) is 0 Å².